The number of β-amino-alcohol motifs (C(OH)–C–C–N with tert-alkyl or cyclic N) is 1. The quantitative estimate of drug-likeness (QED) is 0.843. The zero-order chi connectivity index (χ0) is 18.6. The van der Waals surface area contributed by atoms with Gasteiger partial charge in [0, 0.05) is 24.4 Å². The lowest BCUT2D eigenvalue weighted by atomic mass is 9.86. The highest BCUT2D eigenvalue weighted by Gasteiger charge is 2.39. The molecule has 1 N–H and O–H groups in total. The Morgan fingerprint density at radius 3 is 2.65 bits per heavy atom. The lowest BCUT2D eigenvalue weighted by Crippen LogP contribution is -2.41. The van der Waals surface area contributed by atoms with E-state index in [0.29, 0.717) is 31.8 Å². The van der Waals surface area contributed by atoms with E-state index in [0.717, 1.165) is 17.8 Å². The number of hydrogen-bond donors (Lipinski definition) is 1. The van der Waals surface area contributed by atoms with Gasteiger partial charge in [0.1, 0.15) is 12.2 Å². The molecular formula is C20H31N3O3. The monoisotopic (exact) mass is 361 g/mol. The van der Waals surface area contributed by atoms with Crippen molar-refractivity contribution in [2.24, 2.45) is 5.92 Å². The van der Waals surface area contributed by atoms with Gasteiger partial charge in [0.05, 0.1) is 6.54 Å². The molecule has 0 bridgehead atoms. The first-order valence-corrected chi connectivity index (χ1v) is 9.89. The van der Waals surface area contributed by atoms with E-state index in [1.807, 2.05) is 19.9 Å². The minimum absolute atomic E-state index is 0.113. The van der Waals surface area contributed by atoms with Crippen molar-refractivity contribution in [3.8, 4) is 6.01 Å². The van der Waals surface area contributed by atoms with Gasteiger partial charge in [0.25, 0.3) is 0 Å². The number of aromatic nitrogens is 2. The summed E-state index contributed by atoms with van der Waals surface area (Å²) >= 11 is 0. The van der Waals surface area contributed by atoms with E-state index in [2.05, 4.69) is 9.97 Å². The summed E-state index contributed by atoms with van der Waals surface area (Å²) in [6.07, 6.45) is 8.60. The third-order valence-electron chi connectivity index (χ3n) is 5.61. The number of likely N-dealkylation sites (tertiary alicyclic amines) is 1. The first-order valence-electron chi connectivity index (χ1n) is 9.89. The first kappa shape index (κ1) is 19.1. The van der Waals surface area contributed by atoms with Gasteiger partial charge in [-0.2, -0.15) is 0 Å². The van der Waals surface area contributed by atoms with E-state index in [-0.39, 0.29) is 18.5 Å². The minimum atomic E-state index is -1.01. The molecule has 1 saturated carbocycles. The summed E-state index contributed by atoms with van der Waals surface area (Å²) in [4.78, 5) is 22.7. The topological polar surface area (TPSA) is 75.6 Å². The summed E-state index contributed by atoms with van der Waals surface area (Å²) < 4.78 is 5.63. The fourth-order valence-electron chi connectivity index (χ4n) is 4.11. The molecule has 1 aromatic rings. The van der Waals surface area contributed by atoms with Crippen LogP contribution >= 0.6 is 0 Å². The highest BCUT2D eigenvalue weighted by Crippen LogP contribution is 2.28. The zero-order valence-electron chi connectivity index (χ0n) is 16.0. The van der Waals surface area contributed by atoms with Crippen molar-refractivity contribution < 1.29 is 14.6 Å². The number of nitrogens with zero attached hydrogens (tertiary/aromatic N) is 3. The lowest BCUT2D eigenvalue weighted by Gasteiger charge is -2.24. The number of aliphatic hydroxyl groups is 1. The molecule has 0 radical (unpaired) electrons. The Hall–Kier alpha value is -1.69. The highest BCUT2D eigenvalue weighted by atomic mass is 16.5. The minimum Gasteiger partial charge on any atom is -0.460 e. The second kappa shape index (κ2) is 8.33. The maximum atomic E-state index is 12.5. The van der Waals surface area contributed by atoms with Crippen molar-refractivity contribution in [1.29, 1.82) is 0 Å². The molecule has 0 spiro atoms. The van der Waals surface area contributed by atoms with Crippen LogP contribution < -0.4 is 4.74 Å². The maximum Gasteiger partial charge on any atom is 0.316 e. The number of carbonyl (C=O) groups is 1. The largest absolute Gasteiger partial charge is 0.460 e. The molecule has 1 aliphatic heterocycles. The van der Waals surface area contributed by atoms with Crippen molar-refractivity contribution in [1.82, 2.24) is 14.9 Å². The Morgan fingerprint density at radius 1 is 1.27 bits per heavy atom. The Kier molecular flexibility index (Phi) is 6.12. The number of aryl methyl sites for hydroxylation is 2. The van der Waals surface area contributed by atoms with E-state index in [1.165, 1.54) is 32.1 Å². The Morgan fingerprint density at radius 2 is 1.96 bits per heavy atom. The number of hydrogen-bond acceptors (Lipinski definition) is 5. The molecule has 3 rings (SSSR count). The van der Waals surface area contributed by atoms with Gasteiger partial charge in [0.15, 0.2) is 0 Å². The smallest absolute Gasteiger partial charge is 0.316 e. The molecule has 1 atom stereocenters. The first-order chi connectivity index (χ1) is 12.4. The van der Waals surface area contributed by atoms with Crippen molar-refractivity contribution in [3.63, 3.8) is 0 Å². The molecule has 0 aromatic carbocycles. The number of amides is 1. The van der Waals surface area contributed by atoms with Crippen LogP contribution in [0.4, 0.5) is 0 Å². The Labute approximate surface area is 156 Å². The van der Waals surface area contributed by atoms with Crippen molar-refractivity contribution in [2.75, 3.05) is 19.7 Å². The predicted molar refractivity (Wildman–Crippen MR) is 99.0 cm³/mol. The van der Waals surface area contributed by atoms with E-state index < -0.39 is 5.60 Å². The van der Waals surface area contributed by atoms with Gasteiger partial charge in [-0.1, -0.05) is 32.1 Å². The molecule has 6 heteroatoms. The molecule has 6 nitrogen and oxygen atoms in total. The molecule has 2 fully saturated rings. The maximum absolute atomic E-state index is 12.5. The summed E-state index contributed by atoms with van der Waals surface area (Å²) in [6.45, 7) is 4.82. The van der Waals surface area contributed by atoms with Crippen LogP contribution in [-0.4, -0.2) is 51.2 Å². The van der Waals surface area contributed by atoms with Crippen LogP contribution in [0.15, 0.2) is 6.07 Å². The summed E-state index contributed by atoms with van der Waals surface area (Å²) in [6, 6.07) is 2.17. The lowest BCUT2D eigenvalue weighted by molar-refractivity contribution is -0.131. The van der Waals surface area contributed by atoms with Crippen LogP contribution in [0.1, 0.15) is 62.8 Å². The second-order valence-corrected chi connectivity index (χ2v) is 8.05. The van der Waals surface area contributed by atoms with E-state index in [1.54, 1.807) is 4.90 Å². The van der Waals surface area contributed by atoms with Gasteiger partial charge >= 0.3 is 6.01 Å². The Balaban J connectivity index is 1.46. The van der Waals surface area contributed by atoms with Crippen LogP contribution in [0, 0.1) is 19.8 Å². The van der Waals surface area contributed by atoms with Crippen molar-refractivity contribution in [3.05, 3.63) is 17.5 Å². The molecule has 2 heterocycles. The second-order valence-electron chi connectivity index (χ2n) is 8.05. The fraction of sp³-hybridized carbons (Fsp3) is 0.750. The zero-order valence-corrected chi connectivity index (χ0v) is 16.0. The van der Waals surface area contributed by atoms with E-state index in [9.17, 15) is 9.90 Å². The van der Waals surface area contributed by atoms with E-state index in [4.69, 9.17) is 4.74 Å². The normalized spacial score (nSPS) is 24.0. The van der Waals surface area contributed by atoms with Gasteiger partial charge in [-0.15, -0.1) is 0 Å². The number of rotatable bonds is 6. The van der Waals surface area contributed by atoms with E-state index >= 15 is 0 Å². The van der Waals surface area contributed by atoms with Gasteiger partial charge in [0.2, 0.25) is 5.91 Å². The molecule has 1 saturated heterocycles. The molecule has 1 aliphatic carbocycles. The fourth-order valence-corrected chi connectivity index (χ4v) is 4.11. The van der Waals surface area contributed by atoms with Crippen LogP contribution in [0.5, 0.6) is 6.01 Å². The average molecular weight is 361 g/mol. The predicted octanol–water partition coefficient (Wildman–Crippen LogP) is 2.80. The summed E-state index contributed by atoms with van der Waals surface area (Å²) in [5.74, 6) is 0.869. The summed E-state index contributed by atoms with van der Waals surface area (Å²) in [5, 5.41) is 10.8. The highest BCUT2D eigenvalue weighted by molar-refractivity contribution is 5.76. The average Bonchev–Trinajstić information content (AvgIpc) is 3.01. The third-order valence-corrected chi connectivity index (χ3v) is 5.61. The Bertz CT molecular complexity index is 610. The summed E-state index contributed by atoms with van der Waals surface area (Å²) in [7, 11) is 0. The van der Waals surface area contributed by atoms with Crippen molar-refractivity contribution >= 4 is 5.91 Å². The molecule has 26 heavy (non-hydrogen) atoms. The third kappa shape index (κ3) is 5.16. The summed E-state index contributed by atoms with van der Waals surface area (Å²) in [5.41, 5.74) is 0.664. The molecule has 1 aromatic heterocycles. The van der Waals surface area contributed by atoms with Gasteiger partial charge < -0.3 is 14.7 Å². The van der Waals surface area contributed by atoms with Gasteiger partial charge in [-0.25, -0.2) is 9.97 Å². The van der Waals surface area contributed by atoms with Gasteiger partial charge in [-0.05, 0) is 38.7 Å². The SMILES string of the molecule is Cc1cc(C)nc(OC[C@]2(O)CCN(C(=O)CCC3CCCCC3)C2)n1. The molecule has 2 aliphatic rings. The number of carbonyl (C=O) groups excluding carboxylic acids is 1. The van der Waals surface area contributed by atoms with Gasteiger partial charge in [-0.3, -0.25) is 4.79 Å². The number of ether oxygens (including phenoxy) is 1. The van der Waals surface area contributed by atoms with Crippen molar-refractivity contribution in [2.45, 2.75) is 70.8 Å². The molecule has 1 amide bonds. The van der Waals surface area contributed by atoms with Crippen LogP contribution in [-0.2, 0) is 4.79 Å². The molecular weight excluding hydrogens is 330 g/mol. The standard InChI is InChI=1S/C20H31N3O3/c1-15-12-16(2)22-19(21-15)26-14-20(25)10-11-23(13-20)18(24)9-8-17-6-4-3-5-7-17/h12,17,25H,3-11,13-14H2,1-2H3/t20-/m0/s1. The van der Waals surface area contributed by atoms with Crippen LogP contribution in [0.2, 0.25) is 0 Å². The molecule has 0 unspecified atom stereocenters. The van der Waals surface area contributed by atoms with Crippen LogP contribution in [0.3, 0.4) is 0 Å². The molecule has 144 valence electrons. The van der Waals surface area contributed by atoms with Crippen LogP contribution in [0.25, 0.3) is 0 Å².